The number of hydrogen-bond acceptors (Lipinski definition) is 1. The maximum atomic E-state index is 5.53. The number of methoxy groups -OCH3 is 1. The summed E-state index contributed by atoms with van der Waals surface area (Å²) in [5.41, 5.74) is 2.13. The Morgan fingerprint density at radius 3 is 2.79 bits per heavy atom. The zero-order valence-corrected chi connectivity index (χ0v) is 9.19. The summed E-state index contributed by atoms with van der Waals surface area (Å²) in [4.78, 5) is 0. The lowest BCUT2D eigenvalue weighted by molar-refractivity contribution is 0.414. The fourth-order valence-electron chi connectivity index (χ4n) is 1.15. The lowest BCUT2D eigenvalue weighted by Crippen LogP contribution is -1.85. The molecule has 0 aromatic heterocycles. The molecule has 0 aliphatic rings. The Hall–Kier alpha value is -1.13. The molecular formula is C12H13ClO. The molecule has 0 heterocycles. The SMILES string of the molecule is COc1cc(C)cc(C#CCCCl)c1. The van der Waals surface area contributed by atoms with E-state index in [1.807, 2.05) is 25.1 Å². The van der Waals surface area contributed by atoms with Gasteiger partial charge in [0.25, 0.3) is 0 Å². The standard InChI is InChI=1S/C12H13ClO/c1-10-7-11(5-3-4-6-13)9-12(8-10)14-2/h7-9H,4,6H2,1-2H3. The van der Waals surface area contributed by atoms with Crippen LogP contribution in [0.2, 0.25) is 0 Å². The van der Waals surface area contributed by atoms with Gasteiger partial charge in [0, 0.05) is 17.9 Å². The summed E-state index contributed by atoms with van der Waals surface area (Å²) in [5, 5.41) is 0. The quantitative estimate of drug-likeness (QED) is 0.537. The monoisotopic (exact) mass is 208 g/mol. The van der Waals surface area contributed by atoms with Gasteiger partial charge in [-0.1, -0.05) is 11.8 Å². The summed E-state index contributed by atoms with van der Waals surface area (Å²) >= 11 is 5.53. The predicted octanol–water partition coefficient (Wildman–Crippen LogP) is 2.98. The Morgan fingerprint density at radius 2 is 2.14 bits per heavy atom. The Bertz CT molecular complexity index is 360. The van der Waals surface area contributed by atoms with Crippen molar-refractivity contribution in [1.82, 2.24) is 0 Å². The molecule has 0 radical (unpaired) electrons. The highest BCUT2D eigenvalue weighted by Gasteiger charge is 1.95. The molecule has 0 amide bonds. The van der Waals surface area contributed by atoms with E-state index in [9.17, 15) is 0 Å². The van der Waals surface area contributed by atoms with Crippen LogP contribution in [0.3, 0.4) is 0 Å². The molecule has 0 aliphatic carbocycles. The first-order chi connectivity index (χ1) is 6.76. The average Bonchev–Trinajstić information content (AvgIpc) is 2.17. The van der Waals surface area contributed by atoms with Crippen LogP contribution in [0.4, 0.5) is 0 Å². The normalized spacial score (nSPS) is 9.07. The van der Waals surface area contributed by atoms with E-state index >= 15 is 0 Å². The third-order valence-electron chi connectivity index (χ3n) is 1.74. The number of benzene rings is 1. The smallest absolute Gasteiger partial charge is 0.120 e. The van der Waals surface area contributed by atoms with Crippen molar-refractivity contribution in [3.63, 3.8) is 0 Å². The van der Waals surface area contributed by atoms with Crippen molar-refractivity contribution >= 4 is 11.6 Å². The van der Waals surface area contributed by atoms with Crippen molar-refractivity contribution < 1.29 is 4.74 Å². The zero-order valence-electron chi connectivity index (χ0n) is 8.43. The summed E-state index contributed by atoms with van der Waals surface area (Å²) in [6, 6.07) is 5.94. The van der Waals surface area contributed by atoms with Crippen LogP contribution in [0.15, 0.2) is 18.2 Å². The van der Waals surface area contributed by atoms with E-state index < -0.39 is 0 Å². The van der Waals surface area contributed by atoms with Crippen LogP contribution in [0, 0.1) is 18.8 Å². The second-order valence-corrected chi connectivity index (χ2v) is 3.36. The first-order valence-electron chi connectivity index (χ1n) is 4.47. The predicted molar refractivity (Wildman–Crippen MR) is 59.9 cm³/mol. The Labute approximate surface area is 90.0 Å². The van der Waals surface area contributed by atoms with Gasteiger partial charge >= 0.3 is 0 Å². The summed E-state index contributed by atoms with van der Waals surface area (Å²) in [7, 11) is 1.66. The molecule has 1 aromatic rings. The molecule has 74 valence electrons. The maximum absolute atomic E-state index is 5.53. The summed E-state index contributed by atoms with van der Waals surface area (Å²) < 4.78 is 5.15. The highest BCUT2D eigenvalue weighted by Crippen LogP contribution is 2.15. The van der Waals surface area contributed by atoms with E-state index in [-0.39, 0.29) is 0 Å². The minimum atomic E-state index is 0.579. The van der Waals surface area contributed by atoms with Crippen molar-refractivity contribution in [2.24, 2.45) is 0 Å². The van der Waals surface area contributed by atoms with Gasteiger partial charge in [0.2, 0.25) is 0 Å². The first kappa shape index (κ1) is 10.9. The molecule has 0 bridgehead atoms. The number of alkyl halides is 1. The van der Waals surface area contributed by atoms with Gasteiger partial charge in [0.1, 0.15) is 5.75 Å². The molecule has 2 heteroatoms. The third-order valence-corrected chi connectivity index (χ3v) is 1.93. The topological polar surface area (TPSA) is 9.23 Å². The molecule has 0 N–H and O–H groups in total. The molecule has 0 atom stereocenters. The molecule has 0 unspecified atom stereocenters. The van der Waals surface area contributed by atoms with Gasteiger partial charge in [0.15, 0.2) is 0 Å². The second-order valence-electron chi connectivity index (χ2n) is 2.98. The number of ether oxygens (including phenoxy) is 1. The molecule has 1 rings (SSSR count). The van der Waals surface area contributed by atoms with Gasteiger partial charge in [-0.25, -0.2) is 0 Å². The van der Waals surface area contributed by atoms with Crippen molar-refractivity contribution in [3.05, 3.63) is 29.3 Å². The minimum Gasteiger partial charge on any atom is -0.497 e. The summed E-state index contributed by atoms with van der Waals surface area (Å²) in [5.74, 6) is 7.47. The minimum absolute atomic E-state index is 0.579. The van der Waals surface area contributed by atoms with Gasteiger partial charge in [-0.2, -0.15) is 0 Å². The van der Waals surface area contributed by atoms with Crippen LogP contribution in [0.1, 0.15) is 17.5 Å². The van der Waals surface area contributed by atoms with E-state index in [0.717, 1.165) is 23.3 Å². The van der Waals surface area contributed by atoms with Gasteiger partial charge < -0.3 is 4.74 Å². The van der Waals surface area contributed by atoms with Crippen molar-refractivity contribution in [1.29, 1.82) is 0 Å². The van der Waals surface area contributed by atoms with Gasteiger partial charge in [0.05, 0.1) is 7.11 Å². The fourth-order valence-corrected chi connectivity index (χ4v) is 1.24. The van der Waals surface area contributed by atoms with Crippen LogP contribution < -0.4 is 4.74 Å². The lowest BCUT2D eigenvalue weighted by atomic mass is 10.1. The molecule has 0 aliphatic heterocycles. The first-order valence-corrected chi connectivity index (χ1v) is 5.00. The van der Waals surface area contributed by atoms with Crippen LogP contribution in [-0.2, 0) is 0 Å². The van der Waals surface area contributed by atoms with E-state index in [4.69, 9.17) is 16.3 Å². The van der Waals surface area contributed by atoms with Crippen LogP contribution in [0.5, 0.6) is 5.75 Å². The number of halogens is 1. The zero-order chi connectivity index (χ0) is 10.4. The van der Waals surface area contributed by atoms with Gasteiger partial charge in [-0.05, 0) is 30.7 Å². The molecule has 0 spiro atoms. The van der Waals surface area contributed by atoms with Crippen molar-refractivity contribution in [2.75, 3.05) is 13.0 Å². The van der Waals surface area contributed by atoms with E-state index in [1.54, 1.807) is 7.11 Å². The van der Waals surface area contributed by atoms with Crippen LogP contribution in [0.25, 0.3) is 0 Å². The largest absolute Gasteiger partial charge is 0.497 e. The van der Waals surface area contributed by atoms with E-state index in [2.05, 4.69) is 11.8 Å². The molecule has 0 saturated carbocycles. The van der Waals surface area contributed by atoms with Gasteiger partial charge in [-0.15, -0.1) is 11.6 Å². The Kier molecular flexibility index (Phi) is 4.35. The Morgan fingerprint density at radius 1 is 1.36 bits per heavy atom. The van der Waals surface area contributed by atoms with Gasteiger partial charge in [-0.3, -0.25) is 0 Å². The number of rotatable bonds is 2. The average molecular weight is 209 g/mol. The maximum Gasteiger partial charge on any atom is 0.120 e. The summed E-state index contributed by atoms with van der Waals surface area (Å²) in [6.07, 6.45) is 0.720. The molecule has 14 heavy (non-hydrogen) atoms. The lowest BCUT2D eigenvalue weighted by Gasteiger charge is -2.01. The molecule has 0 fully saturated rings. The van der Waals surface area contributed by atoms with Crippen LogP contribution >= 0.6 is 11.6 Å². The summed E-state index contributed by atoms with van der Waals surface area (Å²) in [6.45, 7) is 2.02. The molecule has 0 saturated heterocycles. The van der Waals surface area contributed by atoms with Crippen molar-refractivity contribution in [2.45, 2.75) is 13.3 Å². The molecular weight excluding hydrogens is 196 g/mol. The molecule has 1 aromatic carbocycles. The van der Waals surface area contributed by atoms with Crippen molar-refractivity contribution in [3.8, 4) is 17.6 Å². The second kappa shape index (κ2) is 5.57. The molecule has 1 nitrogen and oxygen atoms in total. The highest BCUT2D eigenvalue weighted by atomic mass is 35.5. The third kappa shape index (κ3) is 3.32. The van der Waals surface area contributed by atoms with Crippen LogP contribution in [-0.4, -0.2) is 13.0 Å². The van der Waals surface area contributed by atoms with E-state index in [1.165, 1.54) is 0 Å². The fraction of sp³-hybridized carbons (Fsp3) is 0.333. The van der Waals surface area contributed by atoms with E-state index in [0.29, 0.717) is 5.88 Å². The number of hydrogen-bond donors (Lipinski definition) is 0. The Balaban J connectivity index is 2.88. The highest BCUT2D eigenvalue weighted by molar-refractivity contribution is 6.18. The number of aryl methyl sites for hydroxylation is 1.